The Morgan fingerprint density at radius 1 is 0.513 bits per heavy atom. The molecule has 0 aliphatic heterocycles. The lowest BCUT2D eigenvalue weighted by Gasteiger charge is -2.13. The van der Waals surface area contributed by atoms with Crippen LogP contribution in [0, 0.1) is 27.7 Å². The molecule has 27 heteroatoms. The van der Waals surface area contributed by atoms with Crippen molar-refractivity contribution < 1.29 is 63.4 Å². The summed E-state index contributed by atoms with van der Waals surface area (Å²) in [5, 5.41) is 60.3. The number of anilines is 2. The topological polar surface area (TPSA) is 362 Å². The van der Waals surface area contributed by atoms with Crippen LogP contribution in [0.1, 0.15) is 28.7 Å². The number of phenols is 1. The number of rotatable bonds is 21. The van der Waals surface area contributed by atoms with E-state index in [2.05, 4.69) is 51.5 Å². The normalized spacial score (nSPS) is 12.4. The monoisotopic (exact) mass is 1090 g/mol. The van der Waals surface area contributed by atoms with Gasteiger partial charge in [-0.3, -0.25) is 18.5 Å². The van der Waals surface area contributed by atoms with Gasteiger partial charge in [-0.1, -0.05) is 0 Å². The van der Waals surface area contributed by atoms with E-state index in [9.17, 15) is 48.8 Å². The number of carboxylic acid groups (broad SMARTS) is 1. The zero-order valence-electron chi connectivity index (χ0n) is 40.5. The Morgan fingerprint density at radius 3 is 1.59 bits per heavy atom. The summed E-state index contributed by atoms with van der Waals surface area (Å²) in [6.45, 7) is 7.22. The molecule has 24 nitrogen and oxygen atoms in total. The molecule has 0 aliphatic carbocycles. The Kier molecular flexibility index (Phi) is 17.0. The van der Waals surface area contributed by atoms with Crippen LogP contribution in [0.25, 0.3) is 10.8 Å². The molecule has 0 spiro atoms. The van der Waals surface area contributed by atoms with Crippen molar-refractivity contribution in [3.8, 4) is 11.5 Å². The maximum absolute atomic E-state index is 12.6. The number of fused-ring (bicyclic) bond motifs is 1. The summed E-state index contributed by atoms with van der Waals surface area (Å²) in [7, 11) is -14.6. The van der Waals surface area contributed by atoms with Crippen molar-refractivity contribution in [2.24, 2.45) is 40.9 Å². The molecule has 0 aliphatic rings. The third-order valence-corrected chi connectivity index (χ3v) is 13.6. The highest BCUT2D eigenvalue weighted by Crippen LogP contribution is 2.43. The molecule has 0 aromatic heterocycles. The molecule has 76 heavy (non-hydrogen) atoms. The van der Waals surface area contributed by atoms with Gasteiger partial charge in [-0.25, -0.2) is 0 Å². The van der Waals surface area contributed by atoms with Crippen LogP contribution in [0.2, 0.25) is 0 Å². The first kappa shape index (κ1) is 55.3. The van der Waals surface area contributed by atoms with Gasteiger partial charge in [0, 0.05) is 16.8 Å². The van der Waals surface area contributed by atoms with Crippen molar-refractivity contribution in [2.45, 2.75) is 48.8 Å². The SMILES string of the molecule is Cc1cc(N=Nc2cc(C)c(N=Nc3c(S(=O)(=O)O)cc4cc(NCOc5ccc(NCOCCC(=O)O)cc5)ccc4c3O)cc2C)ccc1N=Nc1ccc(N=Nc2ccc(S(=O)(=O)O)cc2S(=O)(=O)O)c(C)c1. The van der Waals surface area contributed by atoms with Gasteiger partial charge in [0.2, 0.25) is 0 Å². The summed E-state index contributed by atoms with van der Waals surface area (Å²) < 4.78 is 112. The van der Waals surface area contributed by atoms with Crippen molar-refractivity contribution >= 4 is 104 Å². The van der Waals surface area contributed by atoms with Gasteiger partial charge in [0.05, 0.1) is 52.0 Å². The zero-order chi connectivity index (χ0) is 55.0. The van der Waals surface area contributed by atoms with Gasteiger partial charge in [0.15, 0.2) is 12.5 Å². The van der Waals surface area contributed by atoms with Gasteiger partial charge in [-0.15, -0.1) is 10.2 Å². The lowest BCUT2D eigenvalue weighted by molar-refractivity contribution is -0.138. The van der Waals surface area contributed by atoms with Crippen molar-refractivity contribution in [2.75, 3.05) is 30.7 Å². The number of carbonyl (C=O) groups is 1. The Bertz CT molecular complexity index is 3860. The van der Waals surface area contributed by atoms with Gasteiger partial charge in [-0.2, -0.15) is 55.9 Å². The summed E-state index contributed by atoms with van der Waals surface area (Å²) in [6.07, 6.45) is -0.0983. The highest BCUT2D eigenvalue weighted by atomic mass is 32.2. The lowest BCUT2D eigenvalue weighted by atomic mass is 10.1. The average molecular weight is 1100 g/mol. The van der Waals surface area contributed by atoms with Gasteiger partial charge in [0.25, 0.3) is 30.4 Å². The minimum atomic E-state index is -4.94. The van der Waals surface area contributed by atoms with Crippen LogP contribution in [0.4, 0.5) is 56.9 Å². The molecule has 0 heterocycles. The summed E-state index contributed by atoms with van der Waals surface area (Å²) in [5.41, 5.74) is 5.51. The van der Waals surface area contributed by atoms with E-state index in [-0.39, 0.29) is 42.9 Å². The van der Waals surface area contributed by atoms with E-state index >= 15 is 0 Å². The fourth-order valence-electron chi connectivity index (χ4n) is 7.00. The number of carboxylic acids is 1. The third kappa shape index (κ3) is 14.4. The van der Waals surface area contributed by atoms with E-state index in [0.717, 1.165) is 23.4 Å². The molecule has 0 atom stereocenters. The predicted octanol–water partition coefficient (Wildman–Crippen LogP) is 12.5. The molecular formula is C49H46N10O14S3. The van der Waals surface area contributed by atoms with Gasteiger partial charge >= 0.3 is 5.97 Å². The molecule has 7 rings (SSSR count). The standard InChI is InChI=1S/C49H46N10O14S3/c1-28-19-36(8-14-40(28)54-52-35-9-15-41(29(2)20-35)55-56-42-16-12-38(74(63,64)65)25-45(42)75(66,67)68)53-57-43-21-31(4)44(22-30(43)3)58-59-48-46(76(69,70)71)24-32-23-34(7-13-39(32)49(48)62)51-27-73-37-10-5-33(6-11-37)50-26-72-18-17-47(60)61/h5-16,19-25,50-51,62H,17-18,26-27H2,1-4H3,(H,60,61)(H,63,64,65)(H,66,67,68)(H,69,70,71). The minimum Gasteiger partial charge on any atom is -0.505 e. The molecule has 0 radical (unpaired) electrons. The van der Waals surface area contributed by atoms with E-state index in [0.29, 0.717) is 68.3 Å². The maximum atomic E-state index is 12.6. The van der Waals surface area contributed by atoms with E-state index in [1.54, 1.807) is 112 Å². The van der Waals surface area contributed by atoms with Crippen LogP contribution >= 0.6 is 0 Å². The molecule has 7 aromatic rings. The number of azo groups is 4. The molecule has 394 valence electrons. The summed E-state index contributed by atoms with van der Waals surface area (Å²) >= 11 is 0. The van der Waals surface area contributed by atoms with Crippen molar-refractivity contribution in [1.82, 2.24) is 0 Å². The van der Waals surface area contributed by atoms with Gasteiger partial charge < -0.3 is 30.3 Å². The molecule has 0 amide bonds. The summed E-state index contributed by atoms with van der Waals surface area (Å²) in [6, 6.07) is 28.6. The van der Waals surface area contributed by atoms with Crippen molar-refractivity contribution in [3.63, 3.8) is 0 Å². The fourth-order valence-corrected chi connectivity index (χ4v) is 8.89. The first-order valence-corrected chi connectivity index (χ1v) is 26.6. The molecule has 7 N–H and O–H groups in total. The van der Waals surface area contributed by atoms with Crippen LogP contribution in [0.5, 0.6) is 11.5 Å². The molecule has 0 bridgehead atoms. The number of hydrogen-bond donors (Lipinski definition) is 7. The van der Waals surface area contributed by atoms with Crippen LogP contribution < -0.4 is 15.4 Å². The number of hydrogen-bond acceptors (Lipinski definition) is 20. The van der Waals surface area contributed by atoms with Crippen LogP contribution in [-0.4, -0.2) is 75.2 Å². The number of aromatic hydroxyl groups is 1. The number of phenolic OH excluding ortho intramolecular Hbond substituents is 1. The van der Waals surface area contributed by atoms with E-state index in [1.807, 2.05) is 6.92 Å². The number of aryl methyl sites for hydroxylation is 4. The number of ether oxygens (including phenoxy) is 2. The Morgan fingerprint density at radius 2 is 1.03 bits per heavy atom. The molecule has 0 saturated carbocycles. The van der Waals surface area contributed by atoms with Crippen molar-refractivity contribution in [1.29, 1.82) is 0 Å². The molecule has 0 saturated heterocycles. The van der Waals surface area contributed by atoms with Gasteiger partial charge in [-0.05, 0) is 171 Å². The molecule has 7 aromatic carbocycles. The van der Waals surface area contributed by atoms with E-state index < -0.39 is 62.4 Å². The molecule has 0 unspecified atom stereocenters. The number of nitrogens with one attached hydrogen (secondary N) is 2. The second-order valence-corrected chi connectivity index (χ2v) is 20.8. The second-order valence-electron chi connectivity index (χ2n) is 16.6. The third-order valence-electron chi connectivity index (χ3n) is 11.0. The predicted molar refractivity (Wildman–Crippen MR) is 279 cm³/mol. The van der Waals surface area contributed by atoms with Crippen LogP contribution in [0.15, 0.2) is 171 Å². The van der Waals surface area contributed by atoms with Crippen LogP contribution in [-0.2, 0) is 39.9 Å². The molecular weight excluding hydrogens is 1050 g/mol. The number of nitrogens with zero attached hydrogens (tertiary/aromatic N) is 8. The Labute approximate surface area is 434 Å². The number of aliphatic carboxylic acids is 1. The largest absolute Gasteiger partial charge is 0.505 e. The highest BCUT2D eigenvalue weighted by molar-refractivity contribution is 7.87. The number of benzene rings is 7. The zero-order valence-corrected chi connectivity index (χ0v) is 43.0. The van der Waals surface area contributed by atoms with Crippen LogP contribution in [0.3, 0.4) is 0 Å². The first-order chi connectivity index (χ1) is 35.9. The van der Waals surface area contributed by atoms with Gasteiger partial charge in [0.1, 0.15) is 33.6 Å². The summed E-state index contributed by atoms with van der Waals surface area (Å²) in [4.78, 5) is 8.31. The summed E-state index contributed by atoms with van der Waals surface area (Å²) in [5.74, 6) is -0.942. The molecule has 0 fully saturated rings. The van der Waals surface area contributed by atoms with Crippen molar-refractivity contribution in [3.05, 3.63) is 138 Å². The Hall–Kier alpha value is -8.44. The first-order valence-electron chi connectivity index (χ1n) is 22.3. The second kappa shape index (κ2) is 23.4. The van der Waals surface area contributed by atoms with E-state index in [4.69, 9.17) is 14.6 Å². The fraction of sp³-hybridized carbons (Fsp3) is 0.163. The van der Waals surface area contributed by atoms with E-state index in [1.165, 1.54) is 6.07 Å². The Balaban J connectivity index is 0.986. The minimum absolute atomic E-state index is 0.0171. The highest BCUT2D eigenvalue weighted by Gasteiger charge is 2.23. The lowest BCUT2D eigenvalue weighted by Crippen LogP contribution is -2.10. The average Bonchev–Trinajstić information content (AvgIpc) is 3.36. The smallest absolute Gasteiger partial charge is 0.305 e. The maximum Gasteiger partial charge on any atom is 0.305 e. The quantitative estimate of drug-likeness (QED) is 0.0152.